The van der Waals surface area contributed by atoms with Crippen molar-refractivity contribution in [1.82, 2.24) is 4.98 Å². The number of carbonyl (C=O) groups excluding carboxylic acids is 2. The Labute approximate surface area is 149 Å². The van der Waals surface area contributed by atoms with E-state index in [0.29, 0.717) is 0 Å². The summed E-state index contributed by atoms with van der Waals surface area (Å²) in [5.41, 5.74) is 1.83. The summed E-state index contributed by atoms with van der Waals surface area (Å²) in [4.78, 5) is 28.5. The molecule has 0 N–H and O–H groups in total. The maximum Gasteiger partial charge on any atom is 0.331 e. The fourth-order valence-corrected chi connectivity index (χ4v) is 2.54. The summed E-state index contributed by atoms with van der Waals surface area (Å²) in [6, 6.07) is 14.5. The lowest BCUT2D eigenvalue weighted by Crippen LogP contribution is -2.23. The third-order valence-electron chi connectivity index (χ3n) is 3.85. The Morgan fingerprint density at radius 3 is 2.58 bits per heavy atom. The molecular weight excluding hydrogens is 333 g/mol. The van der Waals surface area contributed by atoms with E-state index in [1.165, 1.54) is 37.3 Å². The Hall–Kier alpha value is -3.34. The van der Waals surface area contributed by atoms with Crippen molar-refractivity contribution in [3.63, 3.8) is 0 Å². The van der Waals surface area contributed by atoms with E-state index in [1.54, 1.807) is 12.3 Å². The summed E-state index contributed by atoms with van der Waals surface area (Å²) >= 11 is 0. The van der Waals surface area contributed by atoms with E-state index in [2.05, 4.69) is 4.98 Å². The van der Waals surface area contributed by atoms with Crippen molar-refractivity contribution in [3.05, 3.63) is 83.8 Å². The van der Waals surface area contributed by atoms with E-state index in [4.69, 9.17) is 4.74 Å². The van der Waals surface area contributed by atoms with Gasteiger partial charge in [-0.2, -0.15) is 0 Å². The summed E-state index contributed by atoms with van der Waals surface area (Å²) in [5, 5.41) is 0.961. The van der Waals surface area contributed by atoms with Gasteiger partial charge in [-0.05, 0) is 43.3 Å². The molecule has 3 rings (SSSR count). The van der Waals surface area contributed by atoms with E-state index in [9.17, 15) is 14.0 Å². The van der Waals surface area contributed by atoms with Crippen molar-refractivity contribution in [2.24, 2.45) is 0 Å². The molecular formula is C21H16FNO3. The average Bonchev–Trinajstić information content (AvgIpc) is 2.66. The smallest absolute Gasteiger partial charge is 0.331 e. The van der Waals surface area contributed by atoms with Gasteiger partial charge in [-0.25, -0.2) is 9.18 Å². The molecule has 5 heteroatoms. The van der Waals surface area contributed by atoms with Crippen molar-refractivity contribution in [1.29, 1.82) is 0 Å². The molecule has 0 aliphatic rings. The normalized spacial score (nSPS) is 12.2. The number of nitrogens with zero attached hydrogens (tertiary/aromatic N) is 1. The van der Waals surface area contributed by atoms with Crippen LogP contribution in [0.3, 0.4) is 0 Å². The van der Waals surface area contributed by atoms with Gasteiger partial charge in [0, 0.05) is 28.8 Å². The van der Waals surface area contributed by atoms with Gasteiger partial charge in [0.1, 0.15) is 5.82 Å². The lowest BCUT2D eigenvalue weighted by Gasteiger charge is -2.10. The van der Waals surface area contributed by atoms with Crippen LogP contribution in [0.1, 0.15) is 22.8 Å². The molecule has 2 aromatic carbocycles. The molecule has 1 aromatic heterocycles. The molecule has 130 valence electrons. The first-order valence-corrected chi connectivity index (χ1v) is 8.07. The van der Waals surface area contributed by atoms with Crippen molar-refractivity contribution in [2.45, 2.75) is 13.0 Å². The second-order valence-electron chi connectivity index (χ2n) is 5.71. The van der Waals surface area contributed by atoms with E-state index < -0.39 is 23.7 Å². The number of ether oxygens (including phenoxy) is 1. The van der Waals surface area contributed by atoms with Crippen molar-refractivity contribution in [3.8, 4) is 0 Å². The number of benzene rings is 2. The van der Waals surface area contributed by atoms with Crippen LogP contribution in [0.15, 0.2) is 66.9 Å². The highest BCUT2D eigenvalue weighted by Crippen LogP contribution is 2.17. The van der Waals surface area contributed by atoms with Crippen LogP contribution in [0.2, 0.25) is 0 Å². The molecule has 0 saturated heterocycles. The number of carbonyl (C=O) groups is 2. The van der Waals surface area contributed by atoms with Crippen LogP contribution in [0.4, 0.5) is 4.39 Å². The number of halogens is 1. The summed E-state index contributed by atoms with van der Waals surface area (Å²) in [6.45, 7) is 1.48. The molecule has 0 spiro atoms. The fraction of sp³-hybridized carbons (Fsp3) is 0.0952. The largest absolute Gasteiger partial charge is 0.451 e. The number of para-hydroxylation sites is 1. The van der Waals surface area contributed by atoms with Gasteiger partial charge >= 0.3 is 5.97 Å². The molecule has 0 radical (unpaired) electrons. The third kappa shape index (κ3) is 4.00. The molecule has 1 unspecified atom stereocenters. The molecule has 0 aliphatic heterocycles. The molecule has 1 atom stereocenters. The zero-order chi connectivity index (χ0) is 18.5. The number of hydrogen-bond acceptors (Lipinski definition) is 4. The number of hydrogen-bond donors (Lipinski definition) is 0. The highest BCUT2D eigenvalue weighted by molar-refractivity contribution is 6.01. The molecule has 4 nitrogen and oxygen atoms in total. The Morgan fingerprint density at radius 1 is 1.08 bits per heavy atom. The quantitative estimate of drug-likeness (QED) is 0.393. The summed E-state index contributed by atoms with van der Waals surface area (Å²) < 4.78 is 18.1. The summed E-state index contributed by atoms with van der Waals surface area (Å²) in [5.74, 6) is -1.46. The standard InChI is InChI=1S/C21H16FNO3/c1-14(21(25)17-7-10-18(22)11-8-17)26-19(24)12-9-16-5-2-4-15-6-3-13-23-20(15)16/h2-14H,1H3. The summed E-state index contributed by atoms with van der Waals surface area (Å²) in [6.07, 6.45) is 3.58. The fourth-order valence-electron chi connectivity index (χ4n) is 2.54. The highest BCUT2D eigenvalue weighted by Gasteiger charge is 2.18. The number of Topliss-reactive ketones (excluding diaryl/α,β-unsaturated/α-hetero) is 1. The predicted octanol–water partition coefficient (Wildman–Crippen LogP) is 4.20. The minimum Gasteiger partial charge on any atom is -0.451 e. The van der Waals surface area contributed by atoms with Gasteiger partial charge in [-0.1, -0.05) is 24.3 Å². The van der Waals surface area contributed by atoms with Crippen LogP contribution in [0.25, 0.3) is 17.0 Å². The SMILES string of the molecule is CC(OC(=O)C=Cc1cccc2cccnc12)C(=O)c1ccc(F)cc1. The molecule has 0 fully saturated rings. The van der Waals surface area contributed by atoms with Crippen molar-refractivity contribution >= 4 is 28.7 Å². The lowest BCUT2D eigenvalue weighted by atomic mass is 10.1. The first-order valence-electron chi connectivity index (χ1n) is 8.07. The number of pyridine rings is 1. The molecule has 0 saturated carbocycles. The minimum atomic E-state index is -0.969. The Kier molecular flexibility index (Phi) is 5.17. The van der Waals surface area contributed by atoms with Crippen LogP contribution in [0.5, 0.6) is 0 Å². The Balaban J connectivity index is 1.68. The van der Waals surface area contributed by atoms with E-state index in [-0.39, 0.29) is 5.56 Å². The first-order chi connectivity index (χ1) is 12.5. The summed E-state index contributed by atoms with van der Waals surface area (Å²) in [7, 11) is 0. The van der Waals surface area contributed by atoms with Crippen molar-refractivity contribution < 1.29 is 18.7 Å². The second-order valence-corrected chi connectivity index (χ2v) is 5.71. The van der Waals surface area contributed by atoms with Crippen LogP contribution in [-0.2, 0) is 9.53 Å². The van der Waals surface area contributed by atoms with Crippen LogP contribution in [0, 0.1) is 5.82 Å². The maximum atomic E-state index is 12.9. The first kappa shape index (κ1) is 17.5. The number of aromatic nitrogens is 1. The lowest BCUT2D eigenvalue weighted by molar-refractivity contribution is -0.140. The monoisotopic (exact) mass is 349 g/mol. The van der Waals surface area contributed by atoms with E-state index in [1.807, 2.05) is 30.3 Å². The second kappa shape index (κ2) is 7.70. The van der Waals surface area contributed by atoms with Crippen molar-refractivity contribution in [2.75, 3.05) is 0 Å². The number of ketones is 1. The molecule has 0 aliphatic carbocycles. The third-order valence-corrected chi connectivity index (χ3v) is 3.85. The molecule has 1 heterocycles. The van der Waals surface area contributed by atoms with Gasteiger partial charge < -0.3 is 4.74 Å². The van der Waals surface area contributed by atoms with Crippen LogP contribution in [-0.4, -0.2) is 22.8 Å². The minimum absolute atomic E-state index is 0.286. The molecule has 3 aromatic rings. The predicted molar refractivity (Wildman–Crippen MR) is 97.1 cm³/mol. The topological polar surface area (TPSA) is 56.3 Å². The van der Waals surface area contributed by atoms with Gasteiger partial charge in [0.05, 0.1) is 5.52 Å². The van der Waals surface area contributed by atoms with Gasteiger partial charge in [-0.3, -0.25) is 9.78 Å². The van der Waals surface area contributed by atoms with E-state index >= 15 is 0 Å². The van der Waals surface area contributed by atoms with Gasteiger partial charge in [0.25, 0.3) is 0 Å². The molecule has 0 amide bonds. The van der Waals surface area contributed by atoms with Gasteiger partial charge in [0.15, 0.2) is 6.10 Å². The number of fused-ring (bicyclic) bond motifs is 1. The Morgan fingerprint density at radius 2 is 1.81 bits per heavy atom. The van der Waals surface area contributed by atoms with E-state index in [0.717, 1.165) is 16.5 Å². The average molecular weight is 349 g/mol. The van der Waals surface area contributed by atoms with Crippen LogP contribution >= 0.6 is 0 Å². The highest BCUT2D eigenvalue weighted by atomic mass is 19.1. The molecule has 0 bridgehead atoms. The number of esters is 1. The number of rotatable bonds is 5. The zero-order valence-corrected chi connectivity index (χ0v) is 14.1. The van der Waals surface area contributed by atoms with Gasteiger partial charge in [0.2, 0.25) is 5.78 Å². The van der Waals surface area contributed by atoms with Gasteiger partial charge in [-0.15, -0.1) is 0 Å². The zero-order valence-electron chi connectivity index (χ0n) is 14.1. The Bertz CT molecular complexity index is 975. The van der Waals surface area contributed by atoms with Crippen LogP contribution < -0.4 is 0 Å². The molecule has 26 heavy (non-hydrogen) atoms. The maximum absolute atomic E-state index is 12.9.